The number of hydrogen-bond acceptors (Lipinski definition) is 4. The van der Waals surface area contributed by atoms with Crippen molar-refractivity contribution in [2.75, 3.05) is 6.61 Å². The fraction of sp³-hybridized carbons (Fsp3) is 0.500. The van der Waals surface area contributed by atoms with Crippen molar-refractivity contribution in [3.05, 3.63) is 29.1 Å². The predicted octanol–water partition coefficient (Wildman–Crippen LogP) is 3.41. The van der Waals surface area contributed by atoms with E-state index >= 15 is 0 Å². The van der Waals surface area contributed by atoms with Crippen LogP contribution in [0.5, 0.6) is 0 Å². The Kier molecular flexibility index (Phi) is 4.88. The lowest BCUT2D eigenvalue weighted by molar-refractivity contribution is 0.0458. The van der Waals surface area contributed by atoms with Gasteiger partial charge in [-0.05, 0) is 37.0 Å². The molecule has 2 rings (SSSR count). The number of aryl methyl sites for hydroxylation is 1. The third-order valence-electron chi connectivity index (χ3n) is 3.73. The van der Waals surface area contributed by atoms with Gasteiger partial charge in [0.15, 0.2) is 0 Å². The Bertz CT molecular complexity index is 653. The topological polar surface area (TPSA) is 60.4 Å². The zero-order valence-electron chi connectivity index (χ0n) is 11.6. The van der Waals surface area contributed by atoms with E-state index in [2.05, 4.69) is 0 Å². The first-order chi connectivity index (χ1) is 9.79. The SMILES string of the molecule is Cc1cc(F)c(C(=O)OCCC2CCC2)cc1S(=O)(=O)Cl. The van der Waals surface area contributed by atoms with E-state index in [0.717, 1.165) is 31.4 Å². The Labute approximate surface area is 127 Å². The zero-order valence-corrected chi connectivity index (χ0v) is 13.1. The van der Waals surface area contributed by atoms with Crippen LogP contribution in [0.25, 0.3) is 0 Å². The van der Waals surface area contributed by atoms with Crippen molar-refractivity contribution in [3.63, 3.8) is 0 Å². The maximum absolute atomic E-state index is 13.8. The molecule has 0 bridgehead atoms. The molecule has 0 saturated heterocycles. The molecule has 0 aliphatic heterocycles. The molecule has 1 saturated carbocycles. The molecule has 116 valence electrons. The first-order valence-electron chi connectivity index (χ1n) is 6.71. The molecule has 0 amide bonds. The van der Waals surface area contributed by atoms with Crippen molar-refractivity contribution in [2.45, 2.75) is 37.5 Å². The summed E-state index contributed by atoms with van der Waals surface area (Å²) in [7, 11) is 1.23. The van der Waals surface area contributed by atoms with Gasteiger partial charge < -0.3 is 4.74 Å². The highest BCUT2D eigenvalue weighted by Crippen LogP contribution is 2.29. The number of carbonyl (C=O) groups is 1. The molecule has 0 radical (unpaired) electrons. The van der Waals surface area contributed by atoms with Crippen LogP contribution in [0.3, 0.4) is 0 Å². The van der Waals surface area contributed by atoms with E-state index in [9.17, 15) is 17.6 Å². The van der Waals surface area contributed by atoms with Crippen LogP contribution in [-0.4, -0.2) is 21.0 Å². The van der Waals surface area contributed by atoms with E-state index < -0.39 is 26.4 Å². The maximum atomic E-state index is 13.8. The van der Waals surface area contributed by atoms with E-state index in [1.54, 1.807) is 0 Å². The molecule has 0 N–H and O–H groups in total. The summed E-state index contributed by atoms with van der Waals surface area (Å²) in [4.78, 5) is 11.6. The van der Waals surface area contributed by atoms with Crippen LogP contribution in [-0.2, 0) is 13.8 Å². The largest absolute Gasteiger partial charge is 0.462 e. The summed E-state index contributed by atoms with van der Waals surface area (Å²) in [6, 6.07) is 1.90. The summed E-state index contributed by atoms with van der Waals surface area (Å²) in [5, 5.41) is 0. The Hall–Kier alpha value is -1.14. The van der Waals surface area contributed by atoms with Crippen LogP contribution in [0, 0.1) is 18.7 Å². The highest BCUT2D eigenvalue weighted by Gasteiger charge is 2.22. The van der Waals surface area contributed by atoms with Gasteiger partial charge in [-0.1, -0.05) is 19.3 Å². The Morgan fingerprint density at radius 1 is 1.43 bits per heavy atom. The van der Waals surface area contributed by atoms with E-state index in [0.29, 0.717) is 5.92 Å². The minimum absolute atomic E-state index is 0.147. The van der Waals surface area contributed by atoms with Crippen molar-refractivity contribution in [1.82, 2.24) is 0 Å². The van der Waals surface area contributed by atoms with Crippen molar-refractivity contribution < 1.29 is 22.3 Å². The number of benzene rings is 1. The second-order valence-electron chi connectivity index (χ2n) is 5.26. The molecule has 0 atom stereocenters. The average molecular weight is 335 g/mol. The minimum Gasteiger partial charge on any atom is -0.462 e. The molecule has 4 nitrogen and oxygen atoms in total. The van der Waals surface area contributed by atoms with Crippen LogP contribution in [0.1, 0.15) is 41.6 Å². The summed E-state index contributed by atoms with van der Waals surface area (Å²) >= 11 is 0. The normalized spacial score (nSPS) is 15.6. The molecular formula is C14H16ClFO4S. The van der Waals surface area contributed by atoms with Gasteiger partial charge in [-0.3, -0.25) is 0 Å². The Balaban J connectivity index is 2.12. The molecule has 0 heterocycles. The number of rotatable bonds is 5. The van der Waals surface area contributed by atoms with Crippen molar-refractivity contribution in [3.8, 4) is 0 Å². The van der Waals surface area contributed by atoms with E-state index in [1.165, 1.54) is 13.3 Å². The third kappa shape index (κ3) is 3.95. The molecule has 1 aromatic carbocycles. The summed E-state index contributed by atoms with van der Waals surface area (Å²) in [6.07, 6.45) is 4.21. The number of hydrogen-bond donors (Lipinski definition) is 0. The lowest BCUT2D eigenvalue weighted by Gasteiger charge is -2.24. The smallest absolute Gasteiger partial charge is 0.341 e. The molecule has 0 aromatic heterocycles. The summed E-state index contributed by atoms with van der Waals surface area (Å²) in [6.45, 7) is 1.61. The van der Waals surface area contributed by atoms with Gasteiger partial charge in [0.05, 0.1) is 17.1 Å². The molecule has 1 aliphatic carbocycles. The Morgan fingerprint density at radius 2 is 2.10 bits per heavy atom. The van der Waals surface area contributed by atoms with Crippen LogP contribution in [0.2, 0.25) is 0 Å². The fourth-order valence-corrected chi connectivity index (χ4v) is 3.45. The van der Waals surface area contributed by atoms with Crippen LogP contribution >= 0.6 is 10.7 Å². The first-order valence-corrected chi connectivity index (χ1v) is 9.02. The predicted molar refractivity (Wildman–Crippen MR) is 76.4 cm³/mol. The molecule has 21 heavy (non-hydrogen) atoms. The summed E-state index contributed by atoms with van der Waals surface area (Å²) in [5.41, 5.74) is -0.262. The third-order valence-corrected chi connectivity index (χ3v) is 5.20. The van der Waals surface area contributed by atoms with Crippen LogP contribution in [0.4, 0.5) is 4.39 Å². The Morgan fingerprint density at radius 3 is 2.62 bits per heavy atom. The number of carbonyl (C=O) groups excluding carboxylic acids is 1. The number of ether oxygens (including phenoxy) is 1. The molecule has 0 unspecified atom stereocenters. The van der Waals surface area contributed by atoms with Gasteiger partial charge in [0.25, 0.3) is 9.05 Å². The fourth-order valence-electron chi connectivity index (χ4n) is 2.25. The first kappa shape index (κ1) is 16.2. The maximum Gasteiger partial charge on any atom is 0.341 e. The quantitative estimate of drug-likeness (QED) is 0.611. The minimum atomic E-state index is -4.04. The van der Waals surface area contributed by atoms with Gasteiger partial charge >= 0.3 is 5.97 Å². The van der Waals surface area contributed by atoms with Gasteiger partial charge in [0.2, 0.25) is 0 Å². The van der Waals surface area contributed by atoms with E-state index in [-0.39, 0.29) is 17.1 Å². The highest BCUT2D eigenvalue weighted by atomic mass is 35.7. The summed E-state index contributed by atoms with van der Waals surface area (Å²) < 4.78 is 41.6. The van der Waals surface area contributed by atoms with Crippen molar-refractivity contribution >= 4 is 25.7 Å². The van der Waals surface area contributed by atoms with Crippen LogP contribution in [0.15, 0.2) is 17.0 Å². The lowest BCUT2D eigenvalue weighted by atomic mass is 9.83. The van der Waals surface area contributed by atoms with Gasteiger partial charge in [-0.15, -0.1) is 0 Å². The molecule has 1 aromatic rings. The standard InChI is InChI=1S/C14H16ClFO4S/c1-9-7-12(16)11(8-13(9)21(15,18)19)14(17)20-6-5-10-3-2-4-10/h7-8,10H,2-6H2,1H3. The molecule has 1 fully saturated rings. The summed E-state index contributed by atoms with van der Waals surface area (Å²) in [5.74, 6) is -1.11. The average Bonchev–Trinajstić information content (AvgIpc) is 2.30. The monoisotopic (exact) mass is 334 g/mol. The molecule has 7 heteroatoms. The van der Waals surface area contributed by atoms with Gasteiger partial charge in [0, 0.05) is 10.7 Å². The van der Waals surface area contributed by atoms with E-state index in [1.807, 2.05) is 0 Å². The van der Waals surface area contributed by atoms with Gasteiger partial charge in [-0.25, -0.2) is 17.6 Å². The number of halogens is 2. The second-order valence-corrected chi connectivity index (χ2v) is 7.79. The van der Waals surface area contributed by atoms with Crippen molar-refractivity contribution in [2.24, 2.45) is 5.92 Å². The second kappa shape index (κ2) is 6.32. The molecular weight excluding hydrogens is 319 g/mol. The highest BCUT2D eigenvalue weighted by molar-refractivity contribution is 8.13. The molecule has 0 spiro atoms. The molecule has 1 aliphatic rings. The lowest BCUT2D eigenvalue weighted by Crippen LogP contribution is -2.16. The van der Waals surface area contributed by atoms with Crippen molar-refractivity contribution in [1.29, 1.82) is 0 Å². The van der Waals surface area contributed by atoms with Gasteiger partial charge in [0.1, 0.15) is 5.82 Å². The zero-order chi connectivity index (χ0) is 15.6. The number of esters is 1. The van der Waals surface area contributed by atoms with E-state index in [4.69, 9.17) is 15.4 Å². The van der Waals surface area contributed by atoms with Gasteiger partial charge in [-0.2, -0.15) is 0 Å². The van der Waals surface area contributed by atoms with Crippen LogP contribution < -0.4 is 0 Å².